The molecule has 0 spiro atoms. The van der Waals surface area contributed by atoms with Crippen molar-refractivity contribution in [1.82, 2.24) is 0 Å². The summed E-state index contributed by atoms with van der Waals surface area (Å²) >= 11 is 0. The molecule has 2 nitrogen and oxygen atoms in total. The normalized spacial score (nSPS) is 14.2. The van der Waals surface area contributed by atoms with Gasteiger partial charge in [-0.25, -0.2) is 0 Å². The molecule has 0 saturated heterocycles. The predicted octanol–water partition coefficient (Wildman–Crippen LogP) is 3.46. The van der Waals surface area contributed by atoms with Crippen LogP contribution in [0.2, 0.25) is 0 Å². The van der Waals surface area contributed by atoms with Crippen molar-refractivity contribution in [2.75, 3.05) is 0 Å². The third-order valence-corrected chi connectivity index (χ3v) is 3.11. The quantitative estimate of drug-likeness (QED) is 0.865. The van der Waals surface area contributed by atoms with Crippen LogP contribution in [0.1, 0.15) is 37.2 Å². The Morgan fingerprint density at radius 2 is 1.00 bits per heavy atom. The van der Waals surface area contributed by atoms with Gasteiger partial charge < -0.3 is 10.2 Å². The molecule has 0 amide bonds. The van der Waals surface area contributed by atoms with Crippen molar-refractivity contribution >= 4 is 0 Å². The van der Waals surface area contributed by atoms with Crippen LogP contribution in [0, 0.1) is 0 Å². The van der Waals surface area contributed by atoms with E-state index in [4.69, 9.17) is 0 Å². The highest BCUT2D eigenvalue weighted by Gasteiger charge is 2.13. The summed E-state index contributed by atoms with van der Waals surface area (Å²) in [5, 5.41) is 19.7. The Balaban J connectivity index is 2.62. The predicted molar refractivity (Wildman–Crippen MR) is 73.1 cm³/mol. The zero-order chi connectivity index (χ0) is 13.1. The van der Waals surface area contributed by atoms with Crippen LogP contribution in [0.5, 0.6) is 0 Å². The van der Waals surface area contributed by atoms with Gasteiger partial charge in [0, 0.05) is 0 Å². The molecule has 0 aliphatic rings. The van der Waals surface area contributed by atoms with E-state index in [1.54, 1.807) is 13.8 Å². The van der Waals surface area contributed by atoms with Gasteiger partial charge in [0.15, 0.2) is 0 Å². The second kappa shape index (κ2) is 5.34. The monoisotopic (exact) mass is 242 g/mol. The molecule has 0 aliphatic heterocycles. The minimum Gasteiger partial charge on any atom is -0.389 e. The van der Waals surface area contributed by atoms with E-state index < -0.39 is 12.2 Å². The van der Waals surface area contributed by atoms with Crippen LogP contribution in [0.15, 0.2) is 48.5 Å². The number of rotatable bonds is 3. The Bertz CT molecular complexity index is 481. The first-order chi connectivity index (χ1) is 8.61. The lowest BCUT2D eigenvalue weighted by Gasteiger charge is -2.16. The van der Waals surface area contributed by atoms with Crippen LogP contribution >= 0.6 is 0 Å². The van der Waals surface area contributed by atoms with Gasteiger partial charge in [-0.05, 0) is 36.1 Å². The van der Waals surface area contributed by atoms with Crippen LogP contribution in [-0.4, -0.2) is 10.2 Å². The van der Waals surface area contributed by atoms with Gasteiger partial charge >= 0.3 is 0 Å². The minimum absolute atomic E-state index is 0.525. The van der Waals surface area contributed by atoms with E-state index >= 15 is 0 Å². The smallest absolute Gasteiger partial charge is 0.0767 e. The zero-order valence-electron chi connectivity index (χ0n) is 10.7. The maximum atomic E-state index is 9.83. The number of aliphatic hydroxyl groups is 2. The van der Waals surface area contributed by atoms with Crippen molar-refractivity contribution in [1.29, 1.82) is 0 Å². The lowest BCUT2D eigenvalue weighted by Crippen LogP contribution is -1.99. The molecule has 0 aliphatic carbocycles. The first-order valence-corrected chi connectivity index (χ1v) is 6.15. The third kappa shape index (κ3) is 2.45. The van der Waals surface area contributed by atoms with Crippen molar-refractivity contribution < 1.29 is 10.2 Å². The minimum atomic E-state index is -0.525. The van der Waals surface area contributed by atoms with E-state index in [2.05, 4.69) is 0 Å². The molecule has 0 unspecified atom stereocenters. The molecular weight excluding hydrogens is 224 g/mol. The average Bonchev–Trinajstić information content (AvgIpc) is 2.38. The largest absolute Gasteiger partial charge is 0.389 e. The molecule has 2 rings (SSSR count). The Morgan fingerprint density at radius 3 is 1.33 bits per heavy atom. The second-order valence-electron chi connectivity index (χ2n) is 4.53. The molecule has 2 aromatic carbocycles. The molecule has 94 valence electrons. The Hall–Kier alpha value is -1.64. The molecule has 18 heavy (non-hydrogen) atoms. The molecule has 2 aromatic rings. The Labute approximate surface area is 108 Å². The van der Waals surface area contributed by atoms with E-state index in [0.717, 1.165) is 22.3 Å². The van der Waals surface area contributed by atoms with Gasteiger partial charge in [0.2, 0.25) is 0 Å². The van der Waals surface area contributed by atoms with Crippen molar-refractivity contribution in [2.45, 2.75) is 26.1 Å². The first-order valence-electron chi connectivity index (χ1n) is 6.15. The van der Waals surface area contributed by atoms with E-state index in [-0.39, 0.29) is 0 Å². The van der Waals surface area contributed by atoms with Crippen LogP contribution in [0.4, 0.5) is 0 Å². The molecule has 2 atom stereocenters. The standard InChI is InChI=1S/C16H18O2/c1-11(17)13-7-3-5-9-15(13)16-10-6-4-8-14(16)12(2)18/h3-12,17-18H,1-2H3/t11-,12-/m0/s1. The van der Waals surface area contributed by atoms with Gasteiger partial charge in [0.25, 0.3) is 0 Å². The number of aliphatic hydroxyl groups excluding tert-OH is 2. The number of hydrogen-bond acceptors (Lipinski definition) is 2. The highest BCUT2D eigenvalue weighted by Crippen LogP contribution is 2.33. The van der Waals surface area contributed by atoms with Gasteiger partial charge in [-0.1, -0.05) is 48.5 Å². The molecular formula is C16H18O2. The maximum Gasteiger partial charge on any atom is 0.0767 e. The van der Waals surface area contributed by atoms with Gasteiger partial charge in [-0.3, -0.25) is 0 Å². The molecule has 0 fully saturated rings. The van der Waals surface area contributed by atoms with Crippen LogP contribution < -0.4 is 0 Å². The molecule has 0 bridgehead atoms. The van der Waals surface area contributed by atoms with Gasteiger partial charge in [-0.2, -0.15) is 0 Å². The van der Waals surface area contributed by atoms with E-state index in [1.807, 2.05) is 48.5 Å². The number of benzene rings is 2. The van der Waals surface area contributed by atoms with Gasteiger partial charge in [0.05, 0.1) is 12.2 Å². The Morgan fingerprint density at radius 1 is 0.667 bits per heavy atom. The fraction of sp³-hybridized carbons (Fsp3) is 0.250. The molecule has 0 heterocycles. The fourth-order valence-electron chi connectivity index (χ4n) is 2.21. The lowest BCUT2D eigenvalue weighted by atomic mass is 9.92. The van der Waals surface area contributed by atoms with Crippen molar-refractivity contribution in [3.63, 3.8) is 0 Å². The third-order valence-electron chi connectivity index (χ3n) is 3.11. The van der Waals surface area contributed by atoms with Crippen molar-refractivity contribution in [3.8, 4) is 11.1 Å². The van der Waals surface area contributed by atoms with Crippen molar-refractivity contribution in [2.24, 2.45) is 0 Å². The van der Waals surface area contributed by atoms with Crippen LogP contribution in [0.3, 0.4) is 0 Å². The second-order valence-corrected chi connectivity index (χ2v) is 4.53. The molecule has 0 aromatic heterocycles. The summed E-state index contributed by atoms with van der Waals surface area (Å²) in [6, 6.07) is 15.5. The van der Waals surface area contributed by atoms with Crippen molar-refractivity contribution in [3.05, 3.63) is 59.7 Å². The summed E-state index contributed by atoms with van der Waals surface area (Å²) in [6.45, 7) is 3.51. The highest BCUT2D eigenvalue weighted by molar-refractivity contribution is 5.71. The lowest BCUT2D eigenvalue weighted by molar-refractivity contribution is 0.197. The average molecular weight is 242 g/mol. The maximum absolute atomic E-state index is 9.83. The first kappa shape index (κ1) is 12.8. The highest BCUT2D eigenvalue weighted by atomic mass is 16.3. The SMILES string of the molecule is C[C@H](O)c1ccccc1-c1ccccc1[C@H](C)O. The summed E-state index contributed by atoms with van der Waals surface area (Å²) in [5.41, 5.74) is 3.71. The molecule has 0 radical (unpaired) electrons. The Kier molecular flexibility index (Phi) is 3.80. The summed E-state index contributed by atoms with van der Waals surface area (Å²) < 4.78 is 0. The summed E-state index contributed by atoms with van der Waals surface area (Å²) in [5.74, 6) is 0. The zero-order valence-corrected chi connectivity index (χ0v) is 10.7. The van der Waals surface area contributed by atoms with E-state index in [0.29, 0.717) is 0 Å². The van der Waals surface area contributed by atoms with Crippen LogP contribution in [0.25, 0.3) is 11.1 Å². The van der Waals surface area contributed by atoms with Gasteiger partial charge in [-0.15, -0.1) is 0 Å². The topological polar surface area (TPSA) is 40.5 Å². The molecule has 2 heteroatoms. The van der Waals surface area contributed by atoms with E-state index in [1.165, 1.54) is 0 Å². The number of hydrogen-bond donors (Lipinski definition) is 2. The summed E-state index contributed by atoms with van der Waals surface area (Å²) in [6.07, 6.45) is -1.05. The summed E-state index contributed by atoms with van der Waals surface area (Å²) in [4.78, 5) is 0. The fourth-order valence-corrected chi connectivity index (χ4v) is 2.21. The molecule has 2 N–H and O–H groups in total. The summed E-state index contributed by atoms with van der Waals surface area (Å²) in [7, 11) is 0. The van der Waals surface area contributed by atoms with Gasteiger partial charge in [0.1, 0.15) is 0 Å². The van der Waals surface area contributed by atoms with Crippen LogP contribution in [-0.2, 0) is 0 Å². The van der Waals surface area contributed by atoms with E-state index in [9.17, 15) is 10.2 Å². The molecule has 0 saturated carbocycles.